The van der Waals surface area contributed by atoms with E-state index >= 15 is 0 Å². The Morgan fingerprint density at radius 1 is 0.950 bits per heavy atom. The number of hydrogen-bond donors (Lipinski definition) is 0. The van der Waals surface area contributed by atoms with E-state index < -0.39 is 0 Å². The summed E-state index contributed by atoms with van der Waals surface area (Å²) >= 11 is 0. The molecule has 0 amide bonds. The second kappa shape index (κ2) is 5.17. The van der Waals surface area contributed by atoms with E-state index in [1.165, 1.54) is 6.07 Å². The van der Waals surface area contributed by atoms with Crippen LogP contribution in [0.4, 0.5) is 0 Å². The molecule has 0 aliphatic carbocycles. The molecule has 3 rings (SSSR count). The lowest BCUT2D eigenvalue weighted by atomic mass is 10.1. The average molecular weight is 262 g/mol. The summed E-state index contributed by atoms with van der Waals surface area (Å²) in [5.74, 6) is 0.570. The lowest BCUT2D eigenvalue weighted by molar-refractivity contribution is 0.588. The second-order valence-electron chi connectivity index (χ2n) is 4.71. The van der Waals surface area contributed by atoms with Crippen molar-refractivity contribution in [1.82, 2.24) is 0 Å². The van der Waals surface area contributed by atoms with Crippen LogP contribution < -0.4 is 5.43 Å². The zero-order valence-electron chi connectivity index (χ0n) is 11.2. The third-order valence-electron chi connectivity index (χ3n) is 3.21. The maximum Gasteiger partial charge on any atom is 0.193 e. The van der Waals surface area contributed by atoms with E-state index in [4.69, 9.17) is 4.42 Å². The Bertz CT molecular complexity index is 827. The van der Waals surface area contributed by atoms with Gasteiger partial charge in [-0.25, -0.2) is 0 Å². The molecule has 0 aliphatic rings. The highest BCUT2D eigenvalue weighted by atomic mass is 16.3. The molecule has 0 aliphatic heterocycles. The maximum atomic E-state index is 12.1. The SMILES string of the molecule is Cc1cccc2c(=O)cc(/C=C/c3ccccc3)oc12. The van der Waals surface area contributed by atoms with Crippen molar-refractivity contribution in [3.63, 3.8) is 0 Å². The van der Waals surface area contributed by atoms with E-state index in [1.54, 1.807) is 6.07 Å². The standard InChI is InChI=1S/C18H14O2/c1-13-6-5-9-16-17(19)12-15(20-18(13)16)11-10-14-7-3-2-4-8-14/h2-12H,1H3/b11-10+. The van der Waals surface area contributed by atoms with Crippen molar-refractivity contribution in [2.24, 2.45) is 0 Å². The molecule has 0 atom stereocenters. The van der Waals surface area contributed by atoms with Crippen molar-refractivity contribution in [1.29, 1.82) is 0 Å². The van der Waals surface area contributed by atoms with E-state index in [0.717, 1.165) is 11.1 Å². The molecule has 1 heterocycles. The minimum atomic E-state index is -0.0114. The summed E-state index contributed by atoms with van der Waals surface area (Å²) in [6, 6.07) is 17.0. The fourth-order valence-corrected chi connectivity index (χ4v) is 2.16. The van der Waals surface area contributed by atoms with E-state index in [0.29, 0.717) is 16.7 Å². The molecule has 0 spiro atoms. The molecule has 0 saturated carbocycles. The third-order valence-corrected chi connectivity index (χ3v) is 3.21. The molecule has 0 radical (unpaired) electrons. The van der Waals surface area contributed by atoms with Crippen LogP contribution >= 0.6 is 0 Å². The van der Waals surface area contributed by atoms with Crippen LogP contribution in [0.5, 0.6) is 0 Å². The van der Waals surface area contributed by atoms with Crippen LogP contribution in [0.1, 0.15) is 16.9 Å². The number of fused-ring (bicyclic) bond motifs is 1. The topological polar surface area (TPSA) is 30.2 Å². The summed E-state index contributed by atoms with van der Waals surface area (Å²) in [7, 11) is 0. The number of benzene rings is 2. The van der Waals surface area contributed by atoms with Gasteiger partial charge >= 0.3 is 0 Å². The smallest absolute Gasteiger partial charge is 0.193 e. The van der Waals surface area contributed by atoms with E-state index in [1.807, 2.05) is 61.5 Å². The predicted molar refractivity (Wildman–Crippen MR) is 82.6 cm³/mol. The molecule has 1 aromatic heterocycles. The number of rotatable bonds is 2. The van der Waals surface area contributed by atoms with Crippen LogP contribution in [0.3, 0.4) is 0 Å². The van der Waals surface area contributed by atoms with Crippen molar-refractivity contribution in [3.8, 4) is 0 Å². The molecule has 0 N–H and O–H groups in total. The summed E-state index contributed by atoms with van der Waals surface area (Å²) in [6.07, 6.45) is 3.75. The van der Waals surface area contributed by atoms with Crippen molar-refractivity contribution < 1.29 is 4.42 Å². The monoisotopic (exact) mass is 262 g/mol. The Hall–Kier alpha value is -2.61. The minimum Gasteiger partial charge on any atom is -0.456 e. The molecule has 0 fully saturated rings. The molecule has 20 heavy (non-hydrogen) atoms. The van der Waals surface area contributed by atoms with Gasteiger partial charge in [0.05, 0.1) is 5.39 Å². The fraction of sp³-hybridized carbons (Fsp3) is 0.0556. The van der Waals surface area contributed by atoms with E-state index in [9.17, 15) is 4.79 Å². The van der Waals surface area contributed by atoms with E-state index in [-0.39, 0.29) is 5.43 Å². The van der Waals surface area contributed by atoms with Crippen molar-refractivity contribution in [3.05, 3.63) is 81.7 Å². The van der Waals surface area contributed by atoms with Gasteiger partial charge in [-0.1, -0.05) is 48.5 Å². The molecule has 0 saturated heterocycles. The maximum absolute atomic E-state index is 12.1. The highest BCUT2D eigenvalue weighted by Crippen LogP contribution is 2.17. The summed E-state index contributed by atoms with van der Waals surface area (Å²) in [4.78, 5) is 12.1. The molecule has 0 unspecified atom stereocenters. The Balaban J connectivity index is 2.07. The first kappa shape index (κ1) is 12.4. The van der Waals surface area contributed by atoms with Crippen molar-refractivity contribution in [2.75, 3.05) is 0 Å². The Kier molecular flexibility index (Phi) is 3.21. The quantitative estimate of drug-likeness (QED) is 0.690. The Morgan fingerprint density at radius 3 is 2.55 bits per heavy atom. The van der Waals surface area contributed by atoms with Crippen LogP contribution in [0.25, 0.3) is 23.1 Å². The first-order valence-electron chi connectivity index (χ1n) is 6.51. The first-order chi connectivity index (χ1) is 9.74. The zero-order chi connectivity index (χ0) is 13.9. The lowest BCUT2D eigenvalue weighted by Gasteiger charge is -2.01. The summed E-state index contributed by atoms with van der Waals surface area (Å²) in [6.45, 7) is 1.94. The van der Waals surface area contributed by atoms with Crippen LogP contribution in [0, 0.1) is 6.92 Å². The van der Waals surface area contributed by atoms with Gasteiger partial charge in [-0.15, -0.1) is 0 Å². The summed E-state index contributed by atoms with van der Waals surface area (Å²) in [5, 5.41) is 0.627. The van der Waals surface area contributed by atoms with E-state index in [2.05, 4.69) is 0 Å². The normalized spacial score (nSPS) is 11.2. The van der Waals surface area contributed by atoms with Gasteiger partial charge in [0.25, 0.3) is 0 Å². The average Bonchev–Trinajstić information content (AvgIpc) is 2.47. The largest absolute Gasteiger partial charge is 0.456 e. The van der Waals surface area contributed by atoms with Gasteiger partial charge in [0, 0.05) is 6.07 Å². The van der Waals surface area contributed by atoms with Gasteiger partial charge < -0.3 is 4.42 Å². The second-order valence-corrected chi connectivity index (χ2v) is 4.71. The van der Waals surface area contributed by atoms with Gasteiger partial charge in [-0.2, -0.15) is 0 Å². The zero-order valence-corrected chi connectivity index (χ0v) is 11.2. The minimum absolute atomic E-state index is 0.0114. The Morgan fingerprint density at radius 2 is 1.75 bits per heavy atom. The van der Waals surface area contributed by atoms with Gasteiger partial charge in [-0.3, -0.25) is 4.79 Å². The lowest BCUT2D eigenvalue weighted by Crippen LogP contribution is -2.00. The summed E-state index contributed by atoms with van der Waals surface area (Å²) in [5.41, 5.74) is 2.69. The predicted octanol–water partition coefficient (Wildman–Crippen LogP) is 4.27. The van der Waals surface area contributed by atoms with Crippen LogP contribution in [0.2, 0.25) is 0 Å². The van der Waals surface area contributed by atoms with Crippen molar-refractivity contribution in [2.45, 2.75) is 6.92 Å². The van der Waals surface area contributed by atoms with Gasteiger partial charge in [0.2, 0.25) is 0 Å². The molecule has 3 aromatic rings. The highest BCUT2D eigenvalue weighted by Gasteiger charge is 2.04. The molecule has 2 aromatic carbocycles. The van der Waals surface area contributed by atoms with Gasteiger partial charge in [-0.05, 0) is 30.2 Å². The number of aryl methyl sites for hydroxylation is 1. The van der Waals surface area contributed by atoms with Gasteiger partial charge in [0.1, 0.15) is 11.3 Å². The molecular formula is C18H14O2. The first-order valence-corrected chi connectivity index (χ1v) is 6.51. The number of para-hydroxylation sites is 1. The molecule has 0 bridgehead atoms. The molecule has 98 valence electrons. The van der Waals surface area contributed by atoms with Crippen LogP contribution in [0.15, 0.2) is 63.8 Å². The number of hydrogen-bond acceptors (Lipinski definition) is 2. The third kappa shape index (κ3) is 2.41. The molecule has 2 nitrogen and oxygen atoms in total. The molecule has 2 heteroatoms. The fourth-order valence-electron chi connectivity index (χ4n) is 2.16. The highest BCUT2D eigenvalue weighted by molar-refractivity contribution is 5.81. The van der Waals surface area contributed by atoms with Crippen LogP contribution in [-0.4, -0.2) is 0 Å². The van der Waals surface area contributed by atoms with Crippen LogP contribution in [-0.2, 0) is 0 Å². The van der Waals surface area contributed by atoms with Gasteiger partial charge in [0.15, 0.2) is 5.43 Å². The summed E-state index contributed by atoms with van der Waals surface area (Å²) < 4.78 is 5.81. The molecular weight excluding hydrogens is 248 g/mol. The van der Waals surface area contributed by atoms with Crippen molar-refractivity contribution >= 4 is 23.1 Å². The Labute approximate surface area is 117 Å².